The minimum Gasteiger partial charge on any atom is -0.491 e. The van der Waals surface area contributed by atoms with E-state index in [0.29, 0.717) is 166 Å². The molecule has 2 aromatic carbocycles. The van der Waals surface area contributed by atoms with Crippen molar-refractivity contribution >= 4 is 11.9 Å². The standard InChI is InChI=1S/C19H20O4.C14H20O6.C11H14O.C10H18O4.C9H16O5.C8H14O4.C8H14O2.C6H10O2/c1-5-16(20-10-18-12-22-18)6-2-14(1)9-15-3-7-17(8-4-15)21-11-19-13-23-19;15-13(19-7-9-5-17-9)11-3-1-2-4-12(11)14(16)20-8-10-6-18-10;1-4-2-6-7-3-8(9(6)5(1)4)11-10(7)12-11;1-8(12-5-10-7-14-10)2-3-11-4-9-6-13-9;10-7(1-11-3-8-5-13-8)2-12-4-9-6-14-9;1(9-3-7-5-11-7)2-10-4-8-6-12-8;1(3-7-5-9-7)2-4-8-6-10-8;1(5-3-7-5)2-6-4-8-6/h1-8,18-19H,9-13H2;9-12H,1-8H2;4-11H,1-3H2;8-10H,2-7H2,1H3;7-10H,1-6H2;7-8H,1-6H2;7-8H,1-6H2;5-6H,1-4H2. The highest BCUT2D eigenvalue weighted by molar-refractivity contribution is 5.82. The number of unbranched alkanes of at least 4 members (excludes halogenated alkanes) is 1. The van der Waals surface area contributed by atoms with Crippen molar-refractivity contribution < 1.29 is 133 Å². The van der Waals surface area contributed by atoms with E-state index in [0.717, 1.165) is 172 Å². The van der Waals surface area contributed by atoms with E-state index in [1.165, 1.54) is 61.5 Å². The Kier molecular flexibility index (Phi) is 32.3. The van der Waals surface area contributed by atoms with Crippen LogP contribution in [0.15, 0.2) is 48.5 Å². The zero-order chi connectivity index (χ0) is 76.9. The van der Waals surface area contributed by atoms with Crippen LogP contribution in [0.2, 0.25) is 0 Å². The number of ether oxygens (including phenoxy) is 25. The molecule has 15 heterocycles. The Bertz CT molecular complexity index is 2910. The highest BCUT2D eigenvalue weighted by atomic mass is 16.7. The van der Waals surface area contributed by atoms with E-state index in [-0.39, 0.29) is 54.3 Å². The van der Waals surface area contributed by atoms with Gasteiger partial charge in [0.2, 0.25) is 0 Å². The maximum Gasteiger partial charge on any atom is 0.309 e. The highest BCUT2D eigenvalue weighted by Gasteiger charge is 2.73. The molecular formula is C85H126O28. The second kappa shape index (κ2) is 43.4. The average molecular weight is 1600 g/mol. The van der Waals surface area contributed by atoms with Gasteiger partial charge in [0.25, 0.3) is 0 Å². The maximum absolute atomic E-state index is 12.1. The van der Waals surface area contributed by atoms with E-state index in [4.69, 9.17) is 118 Å². The number of rotatable bonds is 45. The predicted octanol–water partition coefficient (Wildman–Crippen LogP) is 6.68. The molecule has 0 amide bonds. The van der Waals surface area contributed by atoms with Gasteiger partial charge in [-0.2, -0.15) is 0 Å². The third-order valence-electron chi connectivity index (χ3n) is 23.3. The first-order chi connectivity index (χ1) is 55.6. The summed E-state index contributed by atoms with van der Waals surface area (Å²) in [5, 5.41) is 9.38. The van der Waals surface area contributed by atoms with Crippen molar-refractivity contribution in [3.05, 3.63) is 59.7 Å². The van der Waals surface area contributed by atoms with Crippen molar-refractivity contribution in [3.63, 3.8) is 0 Å². The van der Waals surface area contributed by atoms with Crippen LogP contribution in [-0.2, 0) is 125 Å². The summed E-state index contributed by atoms with van der Waals surface area (Å²) in [5.74, 6) is 7.18. The molecule has 5 saturated carbocycles. The number of aliphatic hydroxyl groups excluding tert-OH is 1. The molecule has 20 aliphatic rings. The molecule has 25 atom stereocenters. The van der Waals surface area contributed by atoms with Gasteiger partial charge in [-0.25, -0.2) is 0 Å². The molecule has 113 heavy (non-hydrogen) atoms. The van der Waals surface area contributed by atoms with Crippen LogP contribution < -0.4 is 9.47 Å². The largest absolute Gasteiger partial charge is 0.491 e. The monoisotopic (exact) mass is 1590 g/mol. The Morgan fingerprint density at radius 1 is 0.389 bits per heavy atom. The number of hydrogen-bond acceptors (Lipinski definition) is 28. The van der Waals surface area contributed by atoms with E-state index < -0.39 is 6.10 Å². The van der Waals surface area contributed by atoms with Gasteiger partial charge in [-0.15, -0.1) is 0 Å². The van der Waals surface area contributed by atoms with Crippen molar-refractivity contribution in [3.8, 4) is 11.5 Å². The first kappa shape index (κ1) is 84.1. The van der Waals surface area contributed by atoms with Crippen LogP contribution in [0.4, 0.5) is 0 Å². The molecule has 15 saturated heterocycles. The van der Waals surface area contributed by atoms with Gasteiger partial charge in [0.1, 0.15) is 105 Å². The summed E-state index contributed by atoms with van der Waals surface area (Å²) in [6.07, 6.45) is 23.8. The Labute approximate surface area is 665 Å². The predicted molar refractivity (Wildman–Crippen MR) is 402 cm³/mol. The van der Waals surface area contributed by atoms with Gasteiger partial charge < -0.3 is 124 Å². The molecule has 2 aromatic rings. The lowest BCUT2D eigenvalue weighted by molar-refractivity contribution is -0.163. The summed E-state index contributed by atoms with van der Waals surface area (Å²) in [6, 6.07) is 16.5. The zero-order valence-corrected chi connectivity index (χ0v) is 66.2. The summed E-state index contributed by atoms with van der Waals surface area (Å²) < 4.78 is 130. The quantitative estimate of drug-likeness (QED) is 0.0410. The molecule has 28 heteroatoms. The number of aliphatic hydroxyl groups is 1. The summed E-state index contributed by atoms with van der Waals surface area (Å²) in [7, 11) is 0. The Balaban J connectivity index is 0.000000104. The summed E-state index contributed by atoms with van der Waals surface area (Å²) in [4.78, 5) is 24.2. The van der Waals surface area contributed by atoms with Crippen LogP contribution in [0.3, 0.4) is 0 Å². The molecule has 5 aliphatic carbocycles. The third-order valence-corrected chi connectivity index (χ3v) is 23.3. The molecule has 20 fully saturated rings. The number of fused-ring (bicyclic) bond motifs is 10. The molecule has 28 nitrogen and oxygen atoms in total. The van der Waals surface area contributed by atoms with Crippen molar-refractivity contribution in [1.29, 1.82) is 0 Å². The zero-order valence-electron chi connectivity index (χ0n) is 66.2. The van der Waals surface area contributed by atoms with Gasteiger partial charge in [-0.05, 0) is 148 Å². The molecule has 634 valence electrons. The first-order valence-electron chi connectivity index (χ1n) is 42.8. The summed E-state index contributed by atoms with van der Waals surface area (Å²) in [6.45, 7) is 22.7. The maximum atomic E-state index is 12.1. The van der Waals surface area contributed by atoms with Crippen molar-refractivity contribution in [2.75, 3.05) is 192 Å². The van der Waals surface area contributed by atoms with Crippen molar-refractivity contribution in [2.24, 2.45) is 47.3 Å². The number of benzene rings is 2. The van der Waals surface area contributed by atoms with Gasteiger partial charge in [-0.3, -0.25) is 9.59 Å². The van der Waals surface area contributed by atoms with E-state index >= 15 is 0 Å². The Morgan fingerprint density at radius 3 is 1.16 bits per heavy atom. The van der Waals surface area contributed by atoms with Gasteiger partial charge in [0.05, 0.1) is 213 Å². The van der Waals surface area contributed by atoms with Crippen LogP contribution in [0.5, 0.6) is 11.5 Å². The lowest BCUT2D eigenvalue weighted by Crippen LogP contribution is -2.35. The number of carbonyl (C=O) groups is 2. The molecule has 0 aromatic heterocycles. The molecular weight excluding hydrogens is 1470 g/mol. The van der Waals surface area contributed by atoms with E-state index in [9.17, 15) is 14.7 Å². The number of carbonyl (C=O) groups excluding carboxylic acids is 2. The van der Waals surface area contributed by atoms with Crippen LogP contribution in [-0.4, -0.2) is 319 Å². The van der Waals surface area contributed by atoms with Gasteiger partial charge in [0.15, 0.2) is 0 Å². The van der Waals surface area contributed by atoms with Gasteiger partial charge in [0, 0.05) is 6.61 Å². The molecule has 0 spiro atoms. The second-order valence-corrected chi connectivity index (χ2v) is 33.7. The smallest absolute Gasteiger partial charge is 0.309 e. The van der Waals surface area contributed by atoms with Gasteiger partial charge in [-0.1, -0.05) is 49.9 Å². The molecule has 2 bridgehead atoms. The number of epoxide rings is 15. The Morgan fingerprint density at radius 2 is 0.743 bits per heavy atom. The molecule has 15 aliphatic heterocycles. The van der Waals surface area contributed by atoms with Crippen LogP contribution in [0, 0.1) is 47.3 Å². The molecule has 1 N–H and O–H groups in total. The van der Waals surface area contributed by atoms with E-state index in [1.807, 2.05) is 24.3 Å². The SMILES string of the molecule is C(CC1CO1)C1CO1.C(CCC1CO1)CC1CO1.C(COCC1CO1)OCC1CO1.C1C2CC3C4CC(C5OC45)C3C12.CC(CCOCC1CO1)OCC1CO1.O=C(OCC1CO1)C1CCCCC1C(=O)OCC1CO1.OC(COCC1CO1)COCC1CO1.c1cc(OCC2CO2)ccc1Cc1ccc(OCC2CO2)cc1. The minimum atomic E-state index is -0.549. The number of hydrogen-bond donors (Lipinski definition) is 1. The van der Waals surface area contributed by atoms with Crippen LogP contribution in [0.1, 0.15) is 108 Å². The summed E-state index contributed by atoms with van der Waals surface area (Å²) in [5.41, 5.74) is 2.53. The first-order valence-corrected chi connectivity index (χ1v) is 42.8. The second-order valence-electron chi connectivity index (χ2n) is 33.7. The molecule has 0 radical (unpaired) electrons. The lowest BCUT2D eigenvalue weighted by Gasteiger charge is -2.28. The van der Waals surface area contributed by atoms with Crippen LogP contribution in [0.25, 0.3) is 0 Å². The van der Waals surface area contributed by atoms with Crippen molar-refractivity contribution in [1.82, 2.24) is 0 Å². The fraction of sp³-hybridized carbons (Fsp3) is 0.835. The average Bonchev–Trinajstić information content (AvgIpc) is 1.50. The fourth-order valence-corrected chi connectivity index (χ4v) is 15.2. The highest BCUT2D eigenvalue weighted by Crippen LogP contribution is 2.74. The third kappa shape index (κ3) is 33.7. The normalized spacial score (nSPS) is 36.5. The van der Waals surface area contributed by atoms with E-state index in [1.54, 1.807) is 19.3 Å². The Hall–Kier alpha value is -3.90. The summed E-state index contributed by atoms with van der Waals surface area (Å²) >= 11 is 0. The number of esters is 2. The lowest BCUT2D eigenvalue weighted by atomic mass is 9.79. The molecule has 25 unspecified atom stereocenters. The van der Waals surface area contributed by atoms with Crippen LogP contribution >= 0.6 is 0 Å². The fourth-order valence-electron chi connectivity index (χ4n) is 15.2. The molecule has 22 rings (SSSR count). The minimum absolute atomic E-state index is 0.0555. The van der Waals surface area contributed by atoms with E-state index in [2.05, 4.69) is 31.2 Å². The van der Waals surface area contributed by atoms with Gasteiger partial charge >= 0.3 is 11.9 Å². The topological polar surface area (TPSA) is 335 Å². The van der Waals surface area contributed by atoms with Crippen molar-refractivity contribution in [2.45, 2.75) is 213 Å².